The second kappa shape index (κ2) is 12.1. The number of aryl methyl sites for hydroxylation is 1. The Balaban J connectivity index is 1.35. The summed E-state index contributed by atoms with van der Waals surface area (Å²) in [7, 11) is -4.20. The van der Waals surface area contributed by atoms with Crippen LogP contribution in [0.4, 0.5) is 10.2 Å². The van der Waals surface area contributed by atoms with Crippen molar-refractivity contribution in [3.63, 3.8) is 0 Å². The van der Waals surface area contributed by atoms with Gasteiger partial charge in [-0.25, -0.2) is 22.8 Å². The number of ether oxygens (including phenoxy) is 1. The van der Waals surface area contributed by atoms with Crippen molar-refractivity contribution in [2.45, 2.75) is 44.4 Å². The first-order valence-corrected chi connectivity index (χ1v) is 15.0. The molecule has 10 nitrogen and oxygen atoms in total. The van der Waals surface area contributed by atoms with Crippen LogP contribution < -0.4 is 10.2 Å². The number of rotatable bonds is 8. The molecule has 1 aromatic carbocycles. The Morgan fingerprint density at radius 3 is 2.62 bits per heavy atom. The van der Waals surface area contributed by atoms with Gasteiger partial charge in [0.05, 0.1) is 61.3 Å². The molecule has 0 aliphatic carbocycles. The molecule has 2 N–H and O–H groups in total. The van der Waals surface area contributed by atoms with Crippen LogP contribution in [-0.4, -0.2) is 72.0 Å². The SMILES string of the molecule is [2H]C([2H])(O)CS(=O)(=O)c1cc(C(=O)NCc2cc3nc(-c4cc(F)cc(N5C[C@@H](C)O[C@@H](C)C5)n4)ccc3cn2)ccc1C. The number of aromatic nitrogens is 3. The molecule has 42 heavy (non-hydrogen) atoms. The van der Waals surface area contributed by atoms with Crippen LogP contribution in [0.15, 0.2) is 59.6 Å². The fourth-order valence-electron chi connectivity index (χ4n) is 4.95. The molecular weight excluding hydrogens is 561 g/mol. The number of hydrogen-bond donors (Lipinski definition) is 2. The van der Waals surface area contributed by atoms with E-state index in [1.165, 1.54) is 31.2 Å². The van der Waals surface area contributed by atoms with Crippen LogP contribution in [0, 0.1) is 12.7 Å². The monoisotopic (exact) mass is 595 g/mol. The van der Waals surface area contributed by atoms with E-state index in [2.05, 4.69) is 20.3 Å². The molecule has 5 rings (SSSR count). The molecule has 4 heterocycles. The summed E-state index contributed by atoms with van der Waals surface area (Å²) in [5, 5.41) is 12.8. The van der Waals surface area contributed by atoms with Crippen molar-refractivity contribution >= 4 is 32.5 Å². The van der Waals surface area contributed by atoms with Crippen molar-refractivity contribution < 1.29 is 30.2 Å². The third kappa shape index (κ3) is 6.56. The number of halogens is 1. The van der Waals surface area contributed by atoms with Gasteiger partial charge < -0.3 is 20.1 Å². The Morgan fingerprint density at radius 1 is 1.12 bits per heavy atom. The van der Waals surface area contributed by atoms with E-state index in [1.54, 1.807) is 24.4 Å². The lowest BCUT2D eigenvalue weighted by Gasteiger charge is -2.36. The molecule has 1 saturated heterocycles. The molecule has 1 aliphatic heterocycles. The van der Waals surface area contributed by atoms with Crippen LogP contribution in [0.3, 0.4) is 0 Å². The molecule has 3 aromatic heterocycles. The highest BCUT2D eigenvalue weighted by Gasteiger charge is 2.24. The van der Waals surface area contributed by atoms with E-state index >= 15 is 0 Å². The maximum Gasteiger partial charge on any atom is 0.251 e. The van der Waals surface area contributed by atoms with Gasteiger partial charge in [-0.3, -0.25) is 9.78 Å². The van der Waals surface area contributed by atoms with Crippen LogP contribution >= 0.6 is 0 Å². The highest BCUT2D eigenvalue weighted by Crippen LogP contribution is 2.26. The summed E-state index contributed by atoms with van der Waals surface area (Å²) in [6, 6.07) is 12.0. The summed E-state index contributed by atoms with van der Waals surface area (Å²) >= 11 is 0. The quantitative estimate of drug-likeness (QED) is 0.314. The second-order valence-electron chi connectivity index (χ2n) is 10.3. The summed E-state index contributed by atoms with van der Waals surface area (Å²) in [6.45, 7) is 3.71. The Bertz CT molecular complexity index is 1830. The zero-order valence-electron chi connectivity index (χ0n) is 25.3. The van der Waals surface area contributed by atoms with Crippen LogP contribution in [0.1, 0.15) is 38.2 Å². The lowest BCUT2D eigenvalue weighted by Crippen LogP contribution is -2.45. The van der Waals surface area contributed by atoms with Crippen molar-refractivity contribution in [2.24, 2.45) is 0 Å². The summed E-state index contributed by atoms with van der Waals surface area (Å²) in [5.41, 5.74) is 2.25. The number of hydrogen-bond acceptors (Lipinski definition) is 9. The van der Waals surface area contributed by atoms with E-state index in [-0.39, 0.29) is 29.2 Å². The van der Waals surface area contributed by atoms with Crippen LogP contribution in [0.25, 0.3) is 22.3 Å². The standard InChI is InChI=1S/C30H32FN5O5S/c1-18-4-5-21(10-28(18)42(39,40)9-8-37)30(38)33-15-24-13-26-22(14-32-24)6-7-25(34-26)27-11-23(31)12-29(35-27)36-16-19(2)41-20(3)17-36/h4-7,10-14,19-20,37H,8-9,15-17H2,1-3H3,(H,33,38)/t19-,20+/i8D2. The molecule has 1 fully saturated rings. The summed E-state index contributed by atoms with van der Waals surface area (Å²) < 4.78 is 60.2. The number of fused-ring (bicyclic) bond motifs is 1. The maximum atomic E-state index is 14.7. The summed E-state index contributed by atoms with van der Waals surface area (Å²) in [4.78, 5) is 28.4. The van der Waals surface area contributed by atoms with Crippen molar-refractivity contribution in [1.82, 2.24) is 20.3 Å². The van der Waals surface area contributed by atoms with Crippen LogP contribution in [-0.2, 0) is 21.1 Å². The van der Waals surface area contributed by atoms with Gasteiger partial charge in [0.1, 0.15) is 11.6 Å². The number of morpholine rings is 1. The second-order valence-corrected chi connectivity index (χ2v) is 12.3. The number of nitrogens with one attached hydrogen (secondary N) is 1. The molecule has 1 amide bonds. The topological polar surface area (TPSA) is 135 Å². The molecule has 0 radical (unpaired) electrons. The average molecular weight is 596 g/mol. The first-order chi connectivity index (χ1) is 20.7. The number of pyridine rings is 3. The van der Waals surface area contributed by atoms with Gasteiger partial charge in [-0.15, -0.1) is 0 Å². The Labute approximate surface area is 246 Å². The van der Waals surface area contributed by atoms with Crippen LogP contribution in [0.2, 0.25) is 0 Å². The van der Waals surface area contributed by atoms with E-state index in [4.69, 9.17) is 7.48 Å². The predicted molar refractivity (Wildman–Crippen MR) is 156 cm³/mol. The number of benzene rings is 1. The van der Waals surface area contributed by atoms with Crippen molar-refractivity contribution in [3.8, 4) is 11.4 Å². The molecule has 0 unspecified atom stereocenters. The van der Waals surface area contributed by atoms with Gasteiger partial charge in [0.15, 0.2) is 9.84 Å². The highest BCUT2D eigenvalue weighted by atomic mass is 32.2. The van der Waals surface area contributed by atoms with Gasteiger partial charge in [-0.1, -0.05) is 6.07 Å². The highest BCUT2D eigenvalue weighted by molar-refractivity contribution is 7.91. The molecular formula is C30H32FN5O5S. The fraction of sp³-hybridized carbons (Fsp3) is 0.333. The summed E-state index contributed by atoms with van der Waals surface area (Å²) in [5.74, 6) is -1.64. The zero-order valence-corrected chi connectivity index (χ0v) is 24.2. The number of anilines is 1. The Hall–Kier alpha value is -4.00. The molecule has 0 spiro atoms. The van der Waals surface area contributed by atoms with E-state index in [0.717, 1.165) is 11.5 Å². The molecule has 0 bridgehead atoms. The lowest BCUT2D eigenvalue weighted by atomic mass is 10.1. The minimum absolute atomic E-state index is 0.00555. The number of carbonyl (C=O) groups is 1. The third-order valence-electron chi connectivity index (χ3n) is 6.88. The fourth-order valence-corrected chi connectivity index (χ4v) is 6.14. The van der Waals surface area contributed by atoms with Crippen molar-refractivity contribution in [1.29, 1.82) is 0 Å². The first kappa shape index (κ1) is 26.9. The van der Waals surface area contributed by atoms with E-state index in [1.807, 2.05) is 18.7 Å². The van der Waals surface area contributed by atoms with Gasteiger partial charge in [-0.05, 0) is 56.7 Å². The van der Waals surface area contributed by atoms with Gasteiger partial charge in [0.25, 0.3) is 5.91 Å². The molecule has 2 atom stereocenters. The zero-order chi connectivity index (χ0) is 31.8. The van der Waals surface area contributed by atoms with Gasteiger partial charge in [-0.2, -0.15) is 0 Å². The maximum absolute atomic E-state index is 14.7. The minimum Gasteiger partial charge on any atom is -0.395 e. The number of aliphatic hydroxyl groups is 1. The number of amides is 1. The molecule has 0 saturated carbocycles. The Kier molecular flexibility index (Phi) is 7.73. The van der Waals surface area contributed by atoms with Crippen LogP contribution in [0.5, 0.6) is 0 Å². The first-order valence-electron chi connectivity index (χ1n) is 14.3. The average Bonchev–Trinajstić information content (AvgIpc) is 2.93. The molecule has 12 heteroatoms. The number of carbonyl (C=O) groups excluding carboxylic acids is 1. The van der Waals surface area contributed by atoms with Gasteiger partial charge >= 0.3 is 0 Å². The van der Waals surface area contributed by atoms with Crippen molar-refractivity contribution in [2.75, 3.05) is 30.3 Å². The lowest BCUT2D eigenvalue weighted by molar-refractivity contribution is -0.00547. The Morgan fingerprint density at radius 2 is 1.88 bits per heavy atom. The van der Waals surface area contributed by atoms with Gasteiger partial charge in [0, 0.05) is 42.4 Å². The molecule has 1 aliphatic rings. The smallest absolute Gasteiger partial charge is 0.251 e. The van der Waals surface area contributed by atoms with Crippen molar-refractivity contribution in [3.05, 3.63) is 77.4 Å². The molecule has 4 aromatic rings. The predicted octanol–water partition coefficient (Wildman–Crippen LogP) is 3.45. The van der Waals surface area contributed by atoms with E-state index in [0.29, 0.717) is 47.1 Å². The number of nitrogens with zero attached hydrogens (tertiary/aromatic N) is 4. The molecule has 220 valence electrons. The van der Waals surface area contributed by atoms with Gasteiger partial charge in [0.2, 0.25) is 0 Å². The number of sulfone groups is 1. The third-order valence-corrected chi connectivity index (χ3v) is 8.50. The minimum atomic E-state index is -4.20. The summed E-state index contributed by atoms with van der Waals surface area (Å²) in [6.07, 6.45) is 1.57. The largest absolute Gasteiger partial charge is 0.395 e. The normalized spacial score (nSPS) is 18.5. The van der Waals surface area contributed by atoms with E-state index < -0.39 is 33.9 Å². The van der Waals surface area contributed by atoms with E-state index in [9.17, 15) is 22.7 Å².